The highest BCUT2D eigenvalue weighted by molar-refractivity contribution is 4.86. The standard InChI is InChI=1S/C14H29NO/c1-11(2)15-10-9-14(4,16)13-7-5-12(3)6-8-13/h11-13,15-16H,5-10H2,1-4H3. The van der Waals surface area contributed by atoms with Gasteiger partial charge in [-0.25, -0.2) is 0 Å². The lowest BCUT2D eigenvalue weighted by Crippen LogP contribution is -2.40. The lowest BCUT2D eigenvalue weighted by molar-refractivity contribution is -0.0278. The largest absolute Gasteiger partial charge is 0.390 e. The fourth-order valence-corrected chi connectivity index (χ4v) is 2.70. The van der Waals surface area contributed by atoms with Gasteiger partial charge in [0.15, 0.2) is 0 Å². The fraction of sp³-hybridized carbons (Fsp3) is 1.00. The van der Waals surface area contributed by atoms with Crippen molar-refractivity contribution < 1.29 is 5.11 Å². The van der Waals surface area contributed by atoms with E-state index < -0.39 is 5.60 Å². The van der Waals surface area contributed by atoms with Gasteiger partial charge < -0.3 is 10.4 Å². The van der Waals surface area contributed by atoms with Crippen LogP contribution in [0.1, 0.15) is 59.8 Å². The Morgan fingerprint density at radius 2 is 1.81 bits per heavy atom. The molecule has 0 aliphatic heterocycles. The summed E-state index contributed by atoms with van der Waals surface area (Å²) < 4.78 is 0. The van der Waals surface area contributed by atoms with Gasteiger partial charge in [-0.05, 0) is 44.6 Å². The molecule has 0 saturated heterocycles. The summed E-state index contributed by atoms with van der Waals surface area (Å²) in [7, 11) is 0. The molecule has 1 saturated carbocycles. The average Bonchev–Trinajstić information content (AvgIpc) is 2.17. The quantitative estimate of drug-likeness (QED) is 0.757. The fourth-order valence-electron chi connectivity index (χ4n) is 2.70. The van der Waals surface area contributed by atoms with E-state index in [9.17, 15) is 5.11 Å². The first kappa shape index (κ1) is 14.0. The molecule has 1 rings (SSSR count). The molecule has 2 heteroatoms. The smallest absolute Gasteiger partial charge is 0.0659 e. The predicted molar refractivity (Wildman–Crippen MR) is 69.5 cm³/mol. The van der Waals surface area contributed by atoms with Crippen LogP contribution in [0.2, 0.25) is 0 Å². The molecule has 0 heterocycles. The first-order chi connectivity index (χ1) is 7.42. The molecule has 0 amide bonds. The maximum absolute atomic E-state index is 10.5. The van der Waals surface area contributed by atoms with Crippen LogP contribution in [0.3, 0.4) is 0 Å². The van der Waals surface area contributed by atoms with E-state index in [0.717, 1.165) is 18.9 Å². The number of hydrogen-bond donors (Lipinski definition) is 2. The minimum absolute atomic E-state index is 0.470. The summed E-state index contributed by atoms with van der Waals surface area (Å²) in [6, 6.07) is 0.516. The molecule has 1 aliphatic rings. The summed E-state index contributed by atoms with van der Waals surface area (Å²) in [5, 5.41) is 13.9. The van der Waals surface area contributed by atoms with E-state index >= 15 is 0 Å². The predicted octanol–water partition coefficient (Wildman–Crippen LogP) is 2.95. The van der Waals surface area contributed by atoms with E-state index in [1.807, 2.05) is 6.92 Å². The van der Waals surface area contributed by atoms with Gasteiger partial charge in [0.2, 0.25) is 0 Å². The summed E-state index contributed by atoms with van der Waals surface area (Å²) in [4.78, 5) is 0. The van der Waals surface area contributed by atoms with Crippen molar-refractivity contribution in [1.82, 2.24) is 5.32 Å². The van der Waals surface area contributed by atoms with Crippen molar-refractivity contribution in [3.8, 4) is 0 Å². The summed E-state index contributed by atoms with van der Waals surface area (Å²) in [6.07, 6.45) is 5.87. The van der Waals surface area contributed by atoms with Crippen molar-refractivity contribution in [3.63, 3.8) is 0 Å². The molecule has 2 nitrogen and oxygen atoms in total. The molecule has 0 aromatic rings. The van der Waals surface area contributed by atoms with Gasteiger partial charge in [0.05, 0.1) is 5.60 Å². The molecular formula is C14H29NO. The molecule has 2 N–H and O–H groups in total. The van der Waals surface area contributed by atoms with Gasteiger partial charge in [0.25, 0.3) is 0 Å². The summed E-state index contributed by atoms with van der Waals surface area (Å²) in [5.41, 5.74) is -0.470. The van der Waals surface area contributed by atoms with Gasteiger partial charge in [-0.2, -0.15) is 0 Å². The lowest BCUT2D eigenvalue weighted by atomic mass is 9.73. The van der Waals surface area contributed by atoms with Gasteiger partial charge in [0.1, 0.15) is 0 Å². The molecule has 0 spiro atoms. The normalized spacial score (nSPS) is 30.4. The minimum Gasteiger partial charge on any atom is -0.390 e. The summed E-state index contributed by atoms with van der Waals surface area (Å²) >= 11 is 0. The van der Waals surface area contributed by atoms with Crippen LogP contribution in [-0.2, 0) is 0 Å². The zero-order chi connectivity index (χ0) is 12.2. The minimum atomic E-state index is -0.470. The van der Waals surface area contributed by atoms with Crippen molar-refractivity contribution in [2.24, 2.45) is 11.8 Å². The maximum Gasteiger partial charge on any atom is 0.0659 e. The van der Waals surface area contributed by atoms with Gasteiger partial charge in [-0.15, -0.1) is 0 Å². The van der Waals surface area contributed by atoms with Crippen LogP contribution in [0, 0.1) is 11.8 Å². The van der Waals surface area contributed by atoms with Crippen LogP contribution >= 0.6 is 0 Å². The molecule has 96 valence electrons. The number of rotatable bonds is 5. The lowest BCUT2D eigenvalue weighted by Gasteiger charge is -2.37. The van der Waals surface area contributed by atoms with Crippen LogP contribution in [-0.4, -0.2) is 23.3 Å². The van der Waals surface area contributed by atoms with Crippen molar-refractivity contribution in [3.05, 3.63) is 0 Å². The van der Waals surface area contributed by atoms with Gasteiger partial charge in [-0.1, -0.05) is 33.6 Å². The molecule has 1 fully saturated rings. The topological polar surface area (TPSA) is 32.3 Å². The third kappa shape index (κ3) is 4.42. The molecule has 0 aromatic carbocycles. The van der Waals surface area contributed by atoms with E-state index in [1.54, 1.807) is 0 Å². The molecule has 0 bridgehead atoms. The van der Waals surface area contributed by atoms with E-state index in [4.69, 9.17) is 0 Å². The van der Waals surface area contributed by atoms with Gasteiger partial charge >= 0.3 is 0 Å². The van der Waals surface area contributed by atoms with Crippen molar-refractivity contribution >= 4 is 0 Å². The Morgan fingerprint density at radius 3 is 2.31 bits per heavy atom. The van der Waals surface area contributed by atoms with E-state index in [-0.39, 0.29) is 0 Å². The molecule has 0 radical (unpaired) electrons. The van der Waals surface area contributed by atoms with Crippen LogP contribution in [0.5, 0.6) is 0 Å². The summed E-state index contributed by atoms with van der Waals surface area (Å²) in [6.45, 7) is 9.58. The Morgan fingerprint density at radius 1 is 1.25 bits per heavy atom. The van der Waals surface area contributed by atoms with E-state index in [0.29, 0.717) is 12.0 Å². The second kappa shape index (κ2) is 6.02. The third-order valence-electron chi connectivity index (χ3n) is 4.08. The number of aliphatic hydroxyl groups is 1. The van der Waals surface area contributed by atoms with Gasteiger partial charge in [-0.3, -0.25) is 0 Å². The van der Waals surface area contributed by atoms with Crippen LogP contribution in [0.4, 0.5) is 0 Å². The van der Waals surface area contributed by atoms with Crippen molar-refractivity contribution in [2.45, 2.75) is 71.4 Å². The van der Waals surface area contributed by atoms with Crippen LogP contribution in [0.25, 0.3) is 0 Å². The number of hydrogen-bond acceptors (Lipinski definition) is 2. The first-order valence-corrected chi connectivity index (χ1v) is 6.87. The molecule has 0 aromatic heterocycles. The highest BCUT2D eigenvalue weighted by Crippen LogP contribution is 2.36. The first-order valence-electron chi connectivity index (χ1n) is 6.87. The van der Waals surface area contributed by atoms with Crippen LogP contribution in [0.15, 0.2) is 0 Å². The number of nitrogens with one attached hydrogen (secondary N) is 1. The molecular weight excluding hydrogens is 198 g/mol. The Bertz CT molecular complexity index is 193. The third-order valence-corrected chi connectivity index (χ3v) is 4.08. The molecule has 1 unspecified atom stereocenters. The highest BCUT2D eigenvalue weighted by Gasteiger charge is 2.33. The zero-order valence-corrected chi connectivity index (χ0v) is 11.4. The Balaban J connectivity index is 2.32. The molecule has 16 heavy (non-hydrogen) atoms. The van der Waals surface area contributed by atoms with Crippen molar-refractivity contribution in [1.29, 1.82) is 0 Å². The van der Waals surface area contributed by atoms with E-state index in [2.05, 4.69) is 26.1 Å². The molecule has 1 atom stereocenters. The highest BCUT2D eigenvalue weighted by atomic mass is 16.3. The van der Waals surface area contributed by atoms with Gasteiger partial charge in [0, 0.05) is 6.04 Å². The second-order valence-electron chi connectivity index (χ2n) is 6.17. The summed E-state index contributed by atoms with van der Waals surface area (Å²) in [5.74, 6) is 1.37. The molecule has 1 aliphatic carbocycles. The van der Waals surface area contributed by atoms with Crippen molar-refractivity contribution in [2.75, 3.05) is 6.54 Å². The average molecular weight is 227 g/mol. The Hall–Kier alpha value is -0.0800. The Kier molecular flexibility index (Phi) is 5.26. The zero-order valence-electron chi connectivity index (χ0n) is 11.4. The van der Waals surface area contributed by atoms with Crippen LogP contribution < -0.4 is 5.32 Å². The Labute approximate surface area is 101 Å². The van der Waals surface area contributed by atoms with E-state index in [1.165, 1.54) is 25.7 Å². The monoisotopic (exact) mass is 227 g/mol. The second-order valence-corrected chi connectivity index (χ2v) is 6.17. The SMILES string of the molecule is CC1CCC(C(C)(O)CCNC(C)C)CC1. The maximum atomic E-state index is 10.5.